The lowest BCUT2D eigenvalue weighted by Crippen LogP contribution is -2.36. The van der Waals surface area contributed by atoms with Crippen molar-refractivity contribution in [2.45, 2.75) is 25.8 Å². The summed E-state index contributed by atoms with van der Waals surface area (Å²) in [4.78, 5) is 25.1. The SMILES string of the molecule is Cc1cn(C2CC/C2=C/CO)c(=O)[nH]c1=O. The summed E-state index contributed by atoms with van der Waals surface area (Å²) in [6.45, 7) is 1.66. The summed E-state index contributed by atoms with van der Waals surface area (Å²) < 4.78 is 1.53. The molecule has 5 nitrogen and oxygen atoms in total. The predicted molar refractivity (Wildman–Crippen MR) is 59.5 cm³/mol. The van der Waals surface area contributed by atoms with Crippen LogP contribution < -0.4 is 11.2 Å². The van der Waals surface area contributed by atoms with Gasteiger partial charge in [0, 0.05) is 11.8 Å². The molecule has 5 heteroatoms. The van der Waals surface area contributed by atoms with E-state index in [9.17, 15) is 9.59 Å². The first-order valence-electron chi connectivity index (χ1n) is 5.25. The van der Waals surface area contributed by atoms with E-state index in [2.05, 4.69) is 4.98 Å². The first-order chi connectivity index (χ1) is 7.63. The summed E-state index contributed by atoms with van der Waals surface area (Å²) in [7, 11) is 0. The Kier molecular flexibility index (Phi) is 2.78. The molecule has 1 aliphatic carbocycles. The van der Waals surface area contributed by atoms with E-state index in [1.54, 1.807) is 19.2 Å². The van der Waals surface area contributed by atoms with E-state index < -0.39 is 0 Å². The Morgan fingerprint density at radius 2 is 2.38 bits per heavy atom. The number of aliphatic hydroxyl groups is 1. The van der Waals surface area contributed by atoms with Crippen LogP contribution >= 0.6 is 0 Å². The molecule has 0 amide bonds. The van der Waals surface area contributed by atoms with Crippen LogP contribution in [0.15, 0.2) is 27.4 Å². The van der Waals surface area contributed by atoms with Crippen molar-refractivity contribution in [3.05, 3.63) is 44.2 Å². The third-order valence-electron chi connectivity index (χ3n) is 2.97. The Labute approximate surface area is 92.1 Å². The van der Waals surface area contributed by atoms with Crippen molar-refractivity contribution in [2.24, 2.45) is 0 Å². The number of aryl methyl sites for hydroxylation is 1. The minimum Gasteiger partial charge on any atom is -0.392 e. The van der Waals surface area contributed by atoms with Crippen molar-refractivity contribution in [1.29, 1.82) is 0 Å². The molecule has 16 heavy (non-hydrogen) atoms. The first-order valence-corrected chi connectivity index (χ1v) is 5.25. The summed E-state index contributed by atoms with van der Waals surface area (Å²) in [5.41, 5.74) is 0.850. The monoisotopic (exact) mass is 222 g/mol. The molecule has 2 rings (SSSR count). The molecule has 1 atom stereocenters. The molecule has 1 aliphatic rings. The van der Waals surface area contributed by atoms with E-state index in [1.165, 1.54) is 4.57 Å². The number of nitrogens with zero attached hydrogens (tertiary/aromatic N) is 1. The minimum absolute atomic E-state index is 0.00444. The standard InChI is InChI=1S/C11H14N2O3/c1-7-6-13(11(16)12-10(7)15)9-3-2-8(9)4-5-14/h4,6,9,14H,2-3,5H2,1H3,(H,12,15,16)/b8-4-. The van der Waals surface area contributed by atoms with E-state index in [0.717, 1.165) is 18.4 Å². The van der Waals surface area contributed by atoms with Crippen LogP contribution in [0.1, 0.15) is 24.4 Å². The van der Waals surface area contributed by atoms with Crippen LogP contribution in [0.3, 0.4) is 0 Å². The fourth-order valence-corrected chi connectivity index (χ4v) is 1.93. The molecule has 1 aromatic rings. The summed E-state index contributed by atoms with van der Waals surface area (Å²) >= 11 is 0. The van der Waals surface area contributed by atoms with Crippen molar-refractivity contribution < 1.29 is 5.11 Å². The Hall–Kier alpha value is -1.62. The lowest BCUT2D eigenvalue weighted by atomic mass is 9.85. The maximum atomic E-state index is 11.6. The van der Waals surface area contributed by atoms with Gasteiger partial charge in [-0.25, -0.2) is 4.79 Å². The van der Waals surface area contributed by atoms with Crippen molar-refractivity contribution in [1.82, 2.24) is 9.55 Å². The van der Waals surface area contributed by atoms with Crippen LogP contribution in [0, 0.1) is 6.92 Å². The molecule has 1 saturated carbocycles. The van der Waals surface area contributed by atoms with Gasteiger partial charge in [-0.3, -0.25) is 14.3 Å². The fourth-order valence-electron chi connectivity index (χ4n) is 1.93. The molecule has 0 aromatic carbocycles. The second-order valence-corrected chi connectivity index (χ2v) is 3.99. The van der Waals surface area contributed by atoms with Crippen LogP contribution in [0.4, 0.5) is 0 Å². The highest BCUT2D eigenvalue weighted by Crippen LogP contribution is 2.36. The number of rotatable bonds is 2. The molecule has 0 saturated heterocycles. The number of nitrogens with one attached hydrogen (secondary N) is 1. The number of allylic oxidation sites excluding steroid dienone is 1. The zero-order valence-corrected chi connectivity index (χ0v) is 9.06. The lowest BCUT2D eigenvalue weighted by molar-refractivity contribution is 0.332. The fraction of sp³-hybridized carbons (Fsp3) is 0.455. The topological polar surface area (TPSA) is 75.1 Å². The Bertz CT molecular complexity index is 539. The van der Waals surface area contributed by atoms with Gasteiger partial charge in [0.25, 0.3) is 5.56 Å². The number of aliphatic hydroxyl groups excluding tert-OH is 1. The molecule has 0 spiro atoms. The van der Waals surface area contributed by atoms with Crippen molar-refractivity contribution >= 4 is 0 Å². The van der Waals surface area contributed by atoms with Crippen LogP contribution in [0.2, 0.25) is 0 Å². The molecular formula is C11H14N2O3. The smallest absolute Gasteiger partial charge is 0.328 e. The van der Waals surface area contributed by atoms with Gasteiger partial charge in [0.1, 0.15) is 0 Å². The average molecular weight is 222 g/mol. The Balaban J connectivity index is 2.42. The summed E-state index contributed by atoms with van der Waals surface area (Å²) in [6.07, 6.45) is 5.07. The maximum absolute atomic E-state index is 11.6. The van der Waals surface area contributed by atoms with Crippen molar-refractivity contribution in [3.8, 4) is 0 Å². The van der Waals surface area contributed by atoms with Crippen molar-refractivity contribution in [3.63, 3.8) is 0 Å². The molecule has 0 aliphatic heterocycles. The van der Waals surface area contributed by atoms with Gasteiger partial charge >= 0.3 is 5.69 Å². The third-order valence-corrected chi connectivity index (χ3v) is 2.97. The first kappa shape index (κ1) is 10.9. The molecule has 1 heterocycles. The molecule has 86 valence electrons. The molecule has 1 fully saturated rings. The number of aromatic nitrogens is 2. The second-order valence-electron chi connectivity index (χ2n) is 3.99. The lowest BCUT2D eigenvalue weighted by Gasteiger charge is -2.31. The zero-order valence-electron chi connectivity index (χ0n) is 9.06. The summed E-state index contributed by atoms with van der Waals surface area (Å²) in [5.74, 6) is 0. The second kappa shape index (κ2) is 4.09. The predicted octanol–water partition coefficient (Wildman–Crippen LogP) is 0.0986. The summed E-state index contributed by atoms with van der Waals surface area (Å²) in [5, 5.41) is 8.81. The van der Waals surface area contributed by atoms with Gasteiger partial charge in [-0.05, 0) is 25.3 Å². The van der Waals surface area contributed by atoms with Crippen LogP contribution in [-0.4, -0.2) is 21.3 Å². The van der Waals surface area contributed by atoms with Gasteiger partial charge < -0.3 is 5.11 Å². The Morgan fingerprint density at radius 1 is 1.62 bits per heavy atom. The average Bonchev–Trinajstić information content (AvgIpc) is 2.21. The highest BCUT2D eigenvalue weighted by molar-refractivity contribution is 5.19. The highest BCUT2D eigenvalue weighted by atomic mass is 16.2. The molecule has 1 aromatic heterocycles. The molecular weight excluding hydrogens is 208 g/mol. The van der Waals surface area contributed by atoms with Crippen LogP contribution in [0.5, 0.6) is 0 Å². The van der Waals surface area contributed by atoms with Gasteiger partial charge in [-0.2, -0.15) is 0 Å². The molecule has 1 unspecified atom stereocenters. The van der Waals surface area contributed by atoms with Gasteiger partial charge in [0.15, 0.2) is 0 Å². The number of aromatic amines is 1. The van der Waals surface area contributed by atoms with Gasteiger partial charge in [-0.1, -0.05) is 6.08 Å². The quantitative estimate of drug-likeness (QED) is 0.697. The van der Waals surface area contributed by atoms with E-state index in [0.29, 0.717) is 5.56 Å². The van der Waals surface area contributed by atoms with Crippen LogP contribution in [0.25, 0.3) is 0 Å². The maximum Gasteiger partial charge on any atom is 0.328 e. The summed E-state index contributed by atoms with van der Waals surface area (Å²) in [6, 6.07) is -0.00444. The Morgan fingerprint density at radius 3 is 2.94 bits per heavy atom. The molecule has 0 radical (unpaired) electrons. The van der Waals surface area contributed by atoms with Gasteiger partial charge in [0.05, 0.1) is 12.6 Å². The number of H-pyrrole nitrogens is 1. The zero-order chi connectivity index (χ0) is 11.7. The molecule has 2 N–H and O–H groups in total. The third kappa shape index (κ3) is 1.74. The highest BCUT2D eigenvalue weighted by Gasteiger charge is 2.26. The van der Waals surface area contributed by atoms with Crippen molar-refractivity contribution in [2.75, 3.05) is 6.61 Å². The van der Waals surface area contributed by atoms with E-state index in [4.69, 9.17) is 5.11 Å². The minimum atomic E-state index is -0.385. The van der Waals surface area contributed by atoms with E-state index >= 15 is 0 Å². The van der Waals surface area contributed by atoms with E-state index in [1.807, 2.05) is 0 Å². The van der Waals surface area contributed by atoms with Gasteiger partial charge in [-0.15, -0.1) is 0 Å². The number of hydrogen-bond acceptors (Lipinski definition) is 3. The number of hydrogen-bond donors (Lipinski definition) is 2. The normalized spacial score (nSPS) is 22.1. The van der Waals surface area contributed by atoms with E-state index in [-0.39, 0.29) is 23.9 Å². The largest absolute Gasteiger partial charge is 0.392 e. The van der Waals surface area contributed by atoms with Gasteiger partial charge in [0.2, 0.25) is 0 Å². The van der Waals surface area contributed by atoms with Crippen LogP contribution in [-0.2, 0) is 0 Å². The molecule has 0 bridgehead atoms.